The molecule has 1 saturated heterocycles. The molecule has 0 aliphatic carbocycles. The summed E-state index contributed by atoms with van der Waals surface area (Å²) in [6.45, 7) is 1.83. The molecule has 1 aliphatic heterocycles. The molecule has 30 heavy (non-hydrogen) atoms. The normalized spacial score (nSPS) is 22.6. The number of alkyl halides is 3. The molecule has 1 fully saturated rings. The maximum absolute atomic E-state index is 13.4. The van der Waals surface area contributed by atoms with E-state index in [9.17, 15) is 28.2 Å². The number of carbonyl (C=O) groups excluding carboxylic acids is 1. The monoisotopic (exact) mass is 430 g/mol. The highest BCUT2D eigenvalue weighted by molar-refractivity contribution is 5.93. The minimum atomic E-state index is -4.65. The van der Waals surface area contributed by atoms with Crippen molar-refractivity contribution >= 4 is 11.6 Å². The predicted octanol–water partition coefficient (Wildman–Crippen LogP) is 1.67. The van der Waals surface area contributed by atoms with Crippen molar-refractivity contribution in [1.29, 1.82) is 0 Å². The highest BCUT2D eigenvalue weighted by Crippen LogP contribution is 2.35. The Bertz CT molecular complexity index is 917. The van der Waals surface area contributed by atoms with E-state index in [-0.39, 0.29) is 43.2 Å². The average Bonchev–Trinajstić information content (AvgIpc) is 3.11. The molecule has 11 heteroatoms. The van der Waals surface area contributed by atoms with E-state index in [1.54, 1.807) is 7.11 Å². The van der Waals surface area contributed by atoms with Crippen molar-refractivity contribution in [2.24, 2.45) is 5.41 Å². The van der Waals surface area contributed by atoms with Gasteiger partial charge in [0.1, 0.15) is 5.69 Å². The van der Waals surface area contributed by atoms with Gasteiger partial charge in [-0.3, -0.25) is 4.79 Å². The first-order chi connectivity index (χ1) is 14.1. The van der Waals surface area contributed by atoms with Gasteiger partial charge in [0.15, 0.2) is 11.3 Å². The van der Waals surface area contributed by atoms with Crippen LogP contribution in [0, 0.1) is 12.3 Å². The van der Waals surface area contributed by atoms with Gasteiger partial charge in [0.05, 0.1) is 12.7 Å². The van der Waals surface area contributed by atoms with Crippen LogP contribution in [0.3, 0.4) is 0 Å². The standard InChI is InChI=1S/C19H25F3N4O4/c1-12-8-14(19(20,21)22)26-16(23-12)9-13(24-26)17(29)25-6-4-15(28)18(10-25,11-27)5-3-7-30-2/h8-9,15,27-28H,3-7,10-11H2,1-2H3/t15-,18+/m1/s1. The highest BCUT2D eigenvalue weighted by atomic mass is 19.4. The maximum atomic E-state index is 13.4. The van der Waals surface area contributed by atoms with E-state index in [2.05, 4.69) is 10.1 Å². The molecular formula is C19H25F3N4O4. The number of nitrogens with zero attached hydrogens (tertiary/aromatic N) is 4. The molecule has 2 aromatic heterocycles. The lowest BCUT2D eigenvalue weighted by Crippen LogP contribution is -2.55. The van der Waals surface area contributed by atoms with E-state index in [1.807, 2.05) is 0 Å². The Morgan fingerprint density at radius 3 is 2.77 bits per heavy atom. The molecule has 3 rings (SSSR count). The molecule has 2 N–H and O–H groups in total. The number of likely N-dealkylation sites (tertiary alicyclic amines) is 1. The van der Waals surface area contributed by atoms with Crippen molar-refractivity contribution in [3.05, 3.63) is 29.2 Å². The van der Waals surface area contributed by atoms with Crippen LogP contribution in [-0.2, 0) is 10.9 Å². The zero-order valence-electron chi connectivity index (χ0n) is 16.8. The van der Waals surface area contributed by atoms with Gasteiger partial charge in [-0.15, -0.1) is 0 Å². The van der Waals surface area contributed by atoms with Crippen LogP contribution in [0.15, 0.2) is 12.1 Å². The summed E-state index contributed by atoms with van der Waals surface area (Å²) in [6.07, 6.45) is -4.18. The van der Waals surface area contributed by atoms with Crippen molar-refractivity contribution in [3.63, 3.8) is 0 Å². The number of rotatable bonds is 6. The largest absolute Gasteiger partial charge is 0.433 e. The molecule has 166 valence electrons. The topological polar surface area (TPSA) is 100 Å². The predicted molar refractivity (Wildman–Crippen MR) is 99.9 cm³/mol. The molecule has 0 saturated carbocycles. The van der Waals surface area contributed by atoms with E-state index in [1.165, 1.54) is 17.9 Å². The van der Waals surface area contributed by atoms with Gasteiger partial charge in [-0.05, 0) is 32.3 Å². The van der Waals surface area contributed by atoms with E-state index < -0.39 is 29.3 Å². The third kappa shape index (κ3) is 4.28. The fourth-order valence-corrected chi connectivity index (χ4v) is 3.94. The second kappa shape index (κ2) is 8.48. The van der Waals surface area contributed by atoms with Crippen LogP contribution in [0.2, 0.25) is 0 Å². The van der Waals surface area contributed by atoms with Gasteiger partial charge in [-0.1, -0.05) is 0 Å². The number of ether oxygens (including phenoxy) is 1. The number of fused-ring (bicyclic) bond motifs is 1. The molecule has 1 amide bonds. The number of amides is 1. The minimum Gasteiger partial charge on any atom is -0.396 e. The number of hydrogen-bond donors (Lipinski definition) is 2. The summed E-state index contributed by atoms with van der Waals surface area (Å²) >= 11 is 0. The van der Waals surface area contributed by atoms with Crippen molar-refractivity contribution in [3.8, 4) is 0 Å². The van der Waals surface area contributed by atoms with Crippen molar-refractivity contribution in [2.75, 3.05) is 33.4 Å². The smallest absolute Gasteiger partial charge is 0.396 e. The number of hydrogen-bond acceptors (Lipinski definition) is 6. The molecule has 1 aliphatic rings. The lowest BCUT2D eigenvalue weighted by molar-refractivity contribution is -0.142. The summed E-state index contributed by atoms with van der Waals surface area (Å²) in [6, 6.07) is 2.10. The second-order valence-electron chi connectivity index (χ2n) is 7.73. The number of carbonyl (C=O) groups is 1. The third-order valence-corrected chi connectivity index (χ3v) is 5.58. The molecule has 2 aromatic rings. The lowest BCUT2D eigenvalue weighted by Gasteiger charge is -2.45. The van der Waals surface area contributed by atoms with Crippen LogP contribution >= 0.6 is 0 Å². The van der Waals surface area contributed by atoms with Crippen molar-refractivity contribution in [2.45, 2.75) is 38.5 Å². The van der Waals surface area contributed by atoms with Crippen molar-refractivity contribution in [1.82, 2.24) is 19.5 Å². The van der Waals surface area contributed by atoms with Crippen LogP contribution in [0.25, 0.3) is 5.65 Å². The fourth-order valence-electron chi connectivity index (χ4n) is 3.94. The van der Waals surface area contributed by atoms with Crippen LogP contribution in [0.4, 0.5) is 13.2 Å². The molecule has 8 nitrogen and oxygen atoms in total. The number of aryl methyl sites for hydroxylation is 1. The Hall–Kier alpha value is -2.24. The Balaban J connectivity index is 1.90. The van der Waals surface area contributed by atoms with Gasteiger partial charge in [-0.2, -0.15) is 18.3 Å². The molecule has 0 unspecified atom stereocenters. The number of halogens is 3. The Labute approximate surface area is 171 Å². The van der Waals surface area contributed by atoms with Gasteiger partial charge < -0.3 is 19.8 Å². The van der Waals surface area contributed by atoms with Gasteiger partial charge in [-0.25, -0.2) is 9.50 Å². The van der Waals surface area contributed by atoms with Crippen LogP contribution < -0.4 is 0 Å². The summed E-state index contributed by atoms with van der Waals surface area (Å²) in [5, 5.41) is 24.3. The highest BCUT2D eigenvalue weighted by Gasteiger charge is 2.44. The van der Waals surface area contributed by atoms with Gasteiger partial charge >= 0.3 is 6.18 Å². The number of aromatic nitrogens is 3. The first-order valence-electron chi connectivity index (χ1n) is 9.63. The summed E-state index contributed by atoms with van der Waals surface area (Å²) in [4.78, 5) is 18.5. The molecule has 2 atom stereocenters. The van der Waals surface area contributed by atoms with E-state index >= 15 is 0 Å². The minimum absolute atomic E-state index is 0.0691. The quantitative estimate of drug-likeness (QED) is 0.677. The zero-order chi connectivity index (χ0) is 22.1. The molecule has 3 heterocycles. The molecule has 0 bridgehead atoms. The molecule has 0 radical (unpaired) electrons. The molecule has 0 spiro atoms. The lowest BCUT2D eigenvalue weighted by atomic mass is 9.74. The first kappa shape index (κ1) is 22.4. The Kier molecular flexibility index (Phi) is 6.34. The Morgan fingerprint density at radius 2 is 2.13 bits per heavy atom. The van der Waals surface area contributed by atoms with Crippen LogP contribution in [0.5, 0.6) is 0 Å². The van der Waals surface area contributed by atoms with Gasteiger partial charge in [0, 0.05) is 44.0 Å². The SMILES string of the molecule is COCCC[C@@]1(CO)CN(C(=O)c2cc3nc(C)cc(C(F)(F)F)n3n2)CC[C@H]1O. The first-order valence-corrected chi connectivity index (χ1v) is 9.63. The average molecular weight is 430 g/mol. The summed E-state index contributed by atoms with van der Waals surface area (Å²) in [5.41, 5.74) is -2.01. The van der Waals surface area contributed by atoms with E-state index in [0.717, 1.165) is 6.07 Å². The maximum Gasteiger partial charge on any atom is 0.433 e. The van der Waals surface area contributed by atoms with Crippen LogP contribution in [-0.4, -0.2) is 75.1 Å². The van der Waals surface area contributed by atoms with Gasteiger partial charge in [0.25, 0.3) is 5.91 Å². The second-order valence-corrected chi connectivity index (χ2v) is 7.73. The van der Waals surface area contributed by atoms with E-state index in [0.29, 0.717) is 24.0 Å². The van der Waals surface area contributed by atoms with Crippen LogP contribution in [0.1, 0.15) is 41.1 Å². The Morgan fingerprint density at radius 1 is 1.40 bits per heavy atom. The molecular weight excluding hydrogens is 405 g/mol. The number of aliphatic hydroxyl groups is 2. The fraction of sp³-hybridized carbons (Fsp3) is 0.632. The number of aliphatic hydroxyl groups excluding tert-OH is 2. The number of piperidine rings is 1. The third-order valence-electron chi connectivity index (χ3n) is 5.58. The zero-order valence-corrected chi connectivity index (χ0v) is 16.8. The summed E-state index contributed by atoms with van der Waals surface area (Å²) < 4.78 is 45.7. The van der Waals surface area contributed by atoms with Gasteiger partial charge in [0.2, 0.25) is 0 Å². The van der Waals surface area contributed by atoms with Crippen molar-refractivity contribution < 1.29 is 32.9 Å². The summed E-state index contributed by atoms with van der Waals surface area (Å²) in [5.74, 6) is -0.567. The van der Waals surface area contributed by atoms with E-state index in [4.69, 9.17) is 4.74 Å². The summed E-state index contributed by atoms with van der Waals surface area (Å²) in [7, 11) is 1.55. The number of methoxy groups -OCH3 is 1. The molecule has 0 aromatic carbocycles.